The molecule has 0 atom stereocenters. The summed E-state index contributed by atoms with van der Waals surface area (Å²) in [5, 5.41) is 11.8. The molecule has 31 heavy (non-hydrogen) atoms. The minimum absolute atomic E-state index is 0.0436. The van der Waals surface area contributed by atoms with E-state index in [4.69, 9.17) is 25.8 Å². The van der Waals surface area contributed by atoms with Crippen LogP contribution in [0.2, 0.25) is 5.15 Å². The van der Waals surface area contributed by atoms with E-state index >= 15 is 0 Å². The molecule has 1 aliphatic heterocycles. The number of anilines is 1. The summed E-state index contributed by atoms with van der Waals surface area (Å²) >= 11 is 7.26. The van der Waals surface area contributed by atoms with Gasteiger partial charge in [0.2, 0.25) is 5.13 Å². The number of methoxy groups -OCH3 is 1. The second-order valence-electron chi connectivity index (χ2n) is 6.84. The third-order valence-electron chi connectivity index (χ3n) is 4.69. The molecule has 11 heteroatoms. The number of hydrogen-bond donors (Lipinski definition) is 1. The maximum absolute atomic E-state index is 13.0. The highest BCUT2D eigenvalue weighted by Gasteiger charge is 2.21. The minimum atomic E-state index is -0.383. The van der Waals surface area contributed by atoms with E-state index in [1.54, 1.807) is 12.1 Å². The van der Waals surface area contributed by atoms with Gasteiger partial charge in [-0.2, -0.15) is 0 Å². The number of carbonyl (C=O) groups excluding carboxylic acids is 1. The van der Waals surface area contributed by atoms with Gasteiger partial charge in [0.1, 0.15) is 17.0 Å². The summed E-state index contributed by atoms with van der Waals surface area (Å²) in [5.74, 6) is 0.110. The number of aryl methyl sites for hydroxylation is 1. The predicted molar refractivity (Wildman–Crippen MR) is 116 cm³/mol. The monoisotopic (exact) mass is 461 g/mol. The van der Waals surface area contributed by atoms with Gasteiger partial charge in [-0.1, -0.05) is 16.7 Å². The smallest absolute Gasteiger partial charge is 0.296 e. The first-order valence-corrected chi connectivity index (χ1v) is 10.8. The van der Waals surface area contributed by atoms with E-state index in [1.807, 2.05) is 6.92 Å². The lowest BCUT2D eigenvalue weighted by Crippen LogP contribution is -2.25. The van der Waals surface area contributed by atoms with Crippen LogP contribution in [0.1, 0.15) is 28.9 Å². The number of amides is 1. The van der Waals surface area contributed by atoms with Crippen LogP contribution in [0.3, 0.4) is 0 Å². The van der Waals surface area contributed by atoms with Crippen molar-refractivity contribution in [3.63, 3.8) is 0 Å². The Morgan fingerprint density at radius 1 is 1.19 bits per heavy atom. The van der Waals surface area contributed by atoms with E-state index in [-0.39, 0.29) is 17.2 Å². The Morgan fingerprint density at radius 2 is 2.00 bits per heavy atom. The Kier molecular flexibility index (Phi) is 6.59. The largest absolute Gasteiger partial charge is 0.494 e. The summed E-state index contributed by atoms with van der Waals surface area (Å²) in [6, 6.07) is 3.44. The molecule has 0 saturated carbocycles. The molecule has 3 aromatic heterocycles. The molecule has 4 heterocycles. The van der Waals surface area contributed by atoms with E-state index in [2.05, 4.69) is 25.5 Å². The lowest BCUT2D eigenvalue weighted by Gasteiger charge is -2.21. The van der Waals surface area contributed by atoms with E-state index in [1.165, 1.54) is 30.8 Å². The van der Waals surface area contributed by atoms with Gasteiger partial charge in [0.25, 0.3) is 11.1 Å². The van der Waals surface area contributed by atoms with Crippen LogP contribution < -0.4 is 14.8 Å². The highest BCUT2D eigenvalue weighted by Crippen LogP contribution is 2.34. The van der Waals surface area contributed by atoms with Crippen molar-refractivity contribution in [1.82, 2.24) is 20.2 Å². The number of aromatic nitrogens is 4. The van der Waals surface area contributed by atoms with Crippen LogP contribution in [0.4, 0.5) is 5.13 Å². The van der Waals surface area contributed by atoms with Gasteiger partial charge < -0.3 is 14.2 Å². The maximum atomic E-state index is 13.0. The molecule has 1 aliphatic rings. The first kappa shape index (κ1) is 21.4. The van der Waals surface area contributed by atoms with Gasteiger partial charge in [-0.05, 0) is 30.4 Å². The lowest BCUT2D eigenvalue weighted by molar-refractivity contribution is 0.0252. The SMILES string of the molecule is COc1cnc(Cl)cc1-c1cc(C)ncc1C(=O)Nc1nnc(OC2CCOCC2)s1. The molecule has 3 aromatic rings. The molecule has 162 valence electrons. The Hall–Kier alpha value is -2.82. The molecule has 1 amide bonds. The van der Waals surface area contributed by atoms with Gasteiger partial charge in [0.05, 0.1) is 32.1 Å². The van der Waals surface area contributed by atoms with Gasteiger partial charge in [-0.3, -0.25) is 15.1 Å². The molecule has 1 fully saturated rings. The van der Waals surface area contributed by atoms with Crippen molar-refractivity contribution in [1.29, 1.82) is 0 Å². The predicted octanol–water partition coefficient (Wildman–Crippen LogP) is 3.78. The van der Waals surface area contributed by atoms with Crippen molar-refractivity contribution in [2.45, 2.75) is 25.9 Å². The number of rotatable bonds is 6. The fourth-order valence-electron chi connectivity index (χ4n) is 3.16. The van der Waals surface area contributed by atoms with Crippen LogP contribution in [0.25, 0.3) is 11.1 Å². The van der Waals surface area contributed by atoms with Gasteiger partial charge in [0.15, 0.2) is 0 Å². The summed E-state index contributed by atoms with van der Waals surface area (Å²) in [4.78, 5) is 21.4. The number of nitrogens with one attached hydrogen (secondary N) is 1. The number of halogens is 1. The van der Waals surface area contributed by atoms with E-state index < -0.39 is 0 Å². The fourth-order valence-corrected chi connectivity index (χ4v) is 3.98. The fraction of sp³-hybridized carbons (Fsp3) is 0.350. The van der Waals surface area contributed by atoms with Crippen molar-refractivity contribution in [2.24, 2.45) is 0 Å². The molecule has 4 rings (SSSR count). The number of ether oxygens (including phenoxy) is 3. The zero-order valence-corrected chi connectivity index (χ0v) is 18.5. The average molecular weight is 462 g/mol. The Morgan fingerprint density at radius 3 is 2.77 bits per heavy atom. The quantitative estimate of drug-likeness (QED) is 0.552. The van der Waals surface area contributed by atoms with Crippen LogP contribution in [-0.4, -0.2) is 52.5 Å². The van der Waals surface area contributed by atoms with Crippen LogP contribution in [0, 0.1) is 6.92 Å². The zero-order chi connectivity index (χ0) is 21.8. The molecule has 0 unspecified atom stereocenters. The minimum Gasteiger partial charge on any atom is -0.494 e. The number of hydrogen-bond acceptors (Lipinski definition) is 9. The summed E-state index contributed by atoms with van der Waals surface area (Å²) in [5.41, 5.74) is 2.34. The molecule has 1 N–H and O–H groups in total. The van der Waals surface area contributed by atoms with Crippen molar-refractivity contribution in [3.8, 4) is 22.1 Å². The van der Waals surface area contributed by atoms with E-state index in [9.17, 15) is 4.79 Å². The summed E-state index contributed by atoms with van der Waals surface area (Å²) in [7, 11) is 1.53. The van der Waals surface area contributed by atoms with Crippen LogP contribution >= 0.6 is 22.9 Å². The van der Waals surface area contributed by atoms with Gasteiger partial charge >= 0.3 is 0 Å². The highest BCUT2D eigenvalue weighted by molar-refractivity contribution is 7.17. The Bertz CT molecular complexity index is 1090. The highest BCUT2D eigenvalue weighted by atomic mass is 35.5. The molecular weight excluding hydrogens is 442 g/mol. The van der Waals surface area contributed by atoms with Gasteiger partial charge in [-0.15, -0.1) is 5.10 Å². The summed E-state index contributed by atoms with van der Waals surface area (Å²) in [6.07, 6.45) is 4.67. The van der Waals surface area contributed by atoms with Crippen molar-refractivity contribution < 1.29 is 19.0 Å². The lowest BCUT2D eigenvalue weighted by atomic mass is 10.0. The molecule has 9 nitrogen and oxygen atoms in total. The molecular formula is C20H20ClN5O4S. The average Bonchev–Trinajstić information content (AvgIpc) is 3.20. The summed E-state index contributed by atoms with van der Waals surface area (Å²) < 4.78 is 16.6. The number of carbonyl (C=O) groups is 1. The first-order valence-electron chi connectivity index (χ1n) is 9.59. The van der Waals surface area contributed by atoms with Crippen LogP contribution in [0.5, 0.6) is 10.9 Å². The molecule has 0 aliphatic carbocycles. The molecule has 0 radical (unpaired) electrons. The third-order valence-corrected chi connectivity index (χ3v) is 5.63. The Labute approximate surface area is 187 Å². The second-order valence-corrected chi connectivity index (χ2v) is 8.16. The first-order chi connectivity index (χ1) is 15.0. The molecule has 0 aromatic carbocycles. The van der Waals surface area contributed by atoms with Gasteiger partial charge in [0, 0.05) is 35.9 Å². The topological polar surface area (TPSA) is 108 Å². The Balaban J connectivity index is 1.57. The zero-order valence-electron chi connectivity index (χ0n) is 16.9. The van der Waals surface area contributed by atoms with Crippen LogP contribution in [-0.2, 0) is 4.74 Å². The van der Waals surface area contributed by atoms with Crippen molar-refractivity contribution >= 4 is 34.0 Å². The van der Waals surface area contributed by atoms with Crippen molar-refractivity contribution in [2.75, 3.05) is 25.6 Å². The third kappa shape index (κ3) is 5.09. The van der Waals surface area contributed by atoms with E-state index in [0.29, 0.717) is 46.0 Å². The maximum Gasteiger partial charge on any atom is 0.296 e. The second kappa shape index (κ2) is 9.54. The van der Waals surface area contributed by atoms with Gasteiger partial charge in [-0.25, -0.2) is 4.98 Å². The standard InChI is InChI=1S/C20H20ClN5O4S/c1-11-7-13(14-8-17(21)23-10-16(14)28-2)15(9-22-11)18(27)24-19-25-26-20(31-19)30-12-3-5-29-6-4-12/h7-10,12H,3-6H2,1-2H3,(H,24,25,27). The number of pyridine rings is 2. The van der Waals surface area contributed by atoms with E-state index in [0.717, 1.165) is 18.5 Å². The van der Waals surface area contributed by atoms with Crippen LogP contribution in [0.15, 0.2) is 24.5 Å². The number of nitrogens with zero attached hydrogens (tertiary/aromatic N) is 4. The molecule has 0 spiro atoms. The summed E-state index contributed by atoms with van der Waals surface area (Å²) in [6.45, 7) is 3.17. The molecule has 1 saturated heterocycles. The van der Waals surface area contributed by atoms with Crippen molar-refractivity contribution in [3.05, 3.63) is 40.9 Å². The molecule has 0 bridgehead atoms. The normalized spacial score (nSPS) is 14.3.